The van der Waals surface area contributed by atoms with Crippen LogP contribution in [0.25, 0.3) is 0 Å². The van der Waals surface area contributed by atoms with Crippen LogP contribution < -0.4 is 0 Å². The van der Waals surface area contributed by atoms with Gasteiger partial charge in [0, 0.05) is 32.9 Å². The molecule has 0 amide bonds. The molecule has 2 rings (SSSR count). The fourth-order valence-corrected chi connectivity index (χ4v) is 1.88. The van der Waals surface area contributed by atoms with Gasteiger partial charge in [0.05, 0.1) is 6.10 Å². The summed E-state index contributed by atoms with van der Waals surface area (Å²) in [5.41, 5.74) is 2.80. The summed E-state index contributed by atoms with van der Waals surface area (Å²) in [5.74, 6) is 0. The van der Waals surface area contributed by atoms with Crippen molar-refractivity contribution in [2.45, 2.75) is 19.6 Å². The van der Waals surface area contributed by atoms with Crippen LogP contribution in [0.1, 0.15) is 21.6 Å². The van der Waals surface area contributed by atoms with Crippen molar-refractivity contribution in [1.29, 1.82) is 0 Å². The first kappa shape index (κ1) is 11.2. The van der Waals surface area contributed by atoms with E-state index in [1.54, 1.807) is 13.3 Å². The molecular formula is C12H16N2O2. The minimum atomic E-state index is 0.377. The molecule has 16 heavy (non-hydrogen) atoms. The van der Waals surface area contributed by atoms with E-state index in [9.17, 15) is 4.79 Å². The molecule has 1 aliphatic rings. The number of pyridine rings is 1. The lowest BCUT2D eigenvalue weighted by atomic mass is 10.1. The fraction of sp³-hybridized carbons (Fsp3) is 0.500. The summed E-state index contributed by atoms with van der Waals surface area (Å²) in [6.07, 6.45) is 2.95. The van der Waals surface area contributed by atoms with Gasteiger partial charge in [0.2, 0.25) is 0 Å². The number of carbonyl (C=O) groups is 1. The molecule has 1 fully saturated rings. The van der Waals surface area contributed by atoms with Crippen molar-refractivity contribution in [3.05, 3.63) is 29.1 Å². The topological polar surface area (TPSA) is 42.4 Å². The van der Waals surface area contributed by atoms with Gasteiger partial charge in [0.1, 0.15) is 5.69 Å². The van der Waals surface area contributed by atoms with Crippen molar-refractivity contribution in [2.75, 3.05) is 20.2 Å². The third-order valence-electron chi connectivity index (χ3n) is 3.01. The number of aryl methyl sites for hydroxylation is 1. The molecule has 0 bridgehead atoms. The van der Waals surface area contributed by atoms with E-state index in [0.717, 1.165) is 31.5 Å². The SMILES string of the molecule is COC1CN(Cc2cnc(C=O)cc2C)C1. The number of hydrogen-bond donors (Lipinski definition) is 0. The fourth-order valence-electron chi connectivity index (χ4n) is 1.88. The van der Waals surface area contributed by atoms with Gasteiger partial charge in [-0.25, -0.2) is 0 Å². The Bertz CT molecular complexity index is 387. The average Bonchev–Trinajstić information content (AvgIpc) is 2.24. The molecule has 1 aromatic rings. The van der Waals surface area contributed by atoms with E-state index in [4.69, 9.17) is 4.74 Å². The predicted molar refractivity (Wildman–Crippen MR) is 60.4 cm³/mol. The van der Waals surface area contributed by atoms with Crippen LogP contribution in [-0.2, 0) is 11.3 Å². The Morgan fingerprint density at radius 3 is 2.94 bits per heavy atom. The normalized spacial score (nSPS) is 17.1. The maximum Gasteiger partial charge on any atom is 0.168 e. The standard InChI is InChI=1S/C12H16N2O2/c1-9-3-11(8-15)13-4-10(9)5-14-6-12(7-14)16-2/h3-4,8,12H,5-7H2,1-2H3. The minimum absolute atomic E-state index is 0.377. The van der Waals surface area contributed by atoms with E-state index in [-0.39, 0.29) is 0 Å². The molecule has 0 aliphatic carbocycles. The van der Waals surface area contributed by atoms with Crippen LogP contribution in [0, 0.1) is 6.92 Å². The Balaban J connectivity index is 1.97. The van der Waals surface area contributed by atoms with Gasteiger partial charge in [-0.3, -0.25) is 14.7 Å². The summed E-state index contributed by atoms with van der Waals surface area (Å²) in [4.78, 5) is 16.9. The number of carbonyl (C=O) groups excluding carboxylic acids is 1. The summed E-state index contributed by atoms with van der Waals surface area (Å²) >= 11 is 0. The van der Waals surface area contributed by atoms with E-state index >= 15 is 0 Å². The minimum Gasteiger partial charge on any atom is -0.379 e. The number of hydrogen-bond acceptors (Lipinski definition) is 4. The average molecular weight is 220 g/mol. The Morgan fingerprint density at radius 1 is 1.62 bits per heavy atom. The van der Waals surface area contributed by atoms with E-state index < -0.39 is 0 Å². The van der Waals surface area contributed by atoms with Gasteiger partial charge in [0.25, 0.3) is 0 Å². The maximum absolute atomic E-state index is 10.6. The van der Waals surface area contributed by atoms with E-state index in [0.29, 0.717) is 11.8 Å². The number of aromatic nitrogens is 1. The van der Waals surface area contributed by atoms with Gasteiger partial charge in [0.15, 0.2) is 6.29 Å². The number of rotatable bonds is 4. The predicted octanol–water partition coefficient (Wildman–Crippen LogP) is 1.03. The highest BCUT2D eigenvalue weighted by Crippen LogP contribution is 2.17. The van der Waals surface area contributed by atoms with E-state index in [2.05, 4.69) is 9.88 Å². The zero-order valence-corrected chi connectivity index (χ0v) is 9.64. The van der Waals surface area contributed by atoms with Crippen LogP contribution in [0.3, 0.4) is 0 Å². The van der Waals surface area contributed by atoms with Crippen molar-refractivity contribution in [3.63, 3.8) is 0 Å². The quantitative estimate of drug-likeness (QED) is 0.711. The summed E-state index contributed by atoms with van der Waals surface area (Å²) in [6, 6.07) is 1.83. The first-order chi connectivity index (χ1) is 7.72. The number of methoxy groups -OCH3 is 1. The Labute approximate surface area is 95.2 Å². The zero-order valence-electron chi connectivity index (χ0n) is 9.64. The number of likely N-dealkylation sites (tertiary alicyclic amines) is 1. The van der Waals surface area contributed by atoms with Gasteiger partial charge in [-0.2, -0.15) is 0 Å². The molecule has 0 radical (unpaired) electrons. The van der Waals surface area contributed by atoms with Crippen molar-refractivity contribution in [3.8, 4) is 0 Å². The molecule has 2 heterocycles. The van der Waals surface area contributed by atoms with Gasteiger partial charge in [-0.05, 0) is 24.1 Å². The van der Waals surface area contributed by atoms with Crippen LogP contribution in [0.2, 0.25) is 0 Å². The second kappa shape index (κ2) is 4.72. The van der Waals surface area contributed by atoms with Crippen LogP contribution in [-0.4, -0.2) is 42.5 Å². The molecule has 4 heteroatoms. The second-order valence-corrected chi connectivity index (χ2v) is 4.21. The summed E-state index contributed by atoms with van der Waals surface area (Å²) in [5, 5.41) is 0. The van der Waals surface area contributed by atoms with Crippen LogP contribution >= 0.6 is 0 Å². The largest absolute Gasteiger partial charge is 0.379 e. The highest BCUT2D eigenvalue weighted by atomic mass is 16.5. The number of nitrogens with zero attached hydrogens (tertiary/aromatic N) is 2. The van der Waals surface area contributed by atoms with Gasteiger partial charge < -0.3 is 4.74 Å². The Hall–Kier alpha value is -1.26. The van der Waals surface area contributed by atoms with Gasteiger partial charge >= 0.3 is 0 Å². The molecule has 1 saturated heterocycles. The molecule has 0 unspecified atom stereocenters. The maximum atomic E-state index is 10.6. The van der Waals surface area contributed by atoms with Crippen LogP contribution in [0.4, 0.5) is 0 Å². The molecule has 86 valence electrons. The summed E-state index contributed by atoms with van der Waals surface area (Å²) in [6.45, 7) is 4.85. The van der Waals surface area contributed by atoms with Crippen LogP contribution in [0.5, 0.6) is 0 Å². The summed E-state index contributed by atoms with van der Waals surface area (Å²) < 4.78 is 5.22. The second-order valence-electron chi connectivity index (χ2n) is 4.21. The van der Waals surface area contributed by atoms with E-state index in [1.807, 2.05) is 13.0 Å². The third kappa shape index (κ3) is 2.28. The molecule has 0 aromatic carbocycles. The Morgan fingerprint density at radius 2 is 2.38 bits per heavy atom. The monoisotopic (exact) mass is 220 g/mol. The van der Waals surface area contributed by atoms with E-state index in [1.165, 1.54) is 5.56 Å². The van der Waals surface area contributed by atoms with Crippen LogP contribution in [0.15, 0.2) is 12.3 Å². The number of ether oxygens (including phenoxy) is 1. The van der Waals surface area contributed by atoms with Crippen molar-refractivity contribution in [1.82, 2.24) is 9.88 Å². The number of aldehydes is 1. The smallest absolute Gasteiger partial charge is 0.168 e. The third-order valence-corrected chi connectivity index (χ3v) is 3.01. The summed E-state index contributed by atoms with van der Waals surface area (Å²) in [7, 11) is 1.74. The molecule has 0 saturated carbocycles. The lowest BCUT2D eigenvalue weighted by Crippen LogP contribution is -2.51. The zero-order chi connectivity index (χ0) is 11.5. The van der Waals surface area contributed by atoms with Gasteiger partial charge in [-0.15, -0.1) is 0 Å². The lowest BCUT2D eigenvalue weighted by molar-refractivity contribution is -0.0335. The molecule has 4 nitrogen and oxygen atoms in total. The first-order valence-corrected chi connectivity index (χ1v) is 5.38. The molecule has 1 aromatic heterocycles. The highest BCUT2D eigenvalue weighted by molar-refractivity contribution is 5.72. The van der Waals surface area contributed by atoms with Crippen molar-refractivity contribution < 1.29 is 9.53 Å². The molecule has 0 N–H and O–H groups in total. The van der Waals surface area contributed by atoms with Crippen molar-refractivity contribution in [2.24, 2.45) is 0 Å². The lowest BCUT2D eigenvalue weighted by Gasteiger charge is -2.38. The molecule has 1 aliphatic heterocycles. The molecular weight excluding hydrogens is 204 g/mol. The molecule has 0 atom stereocenters. The van der Waals surface area contributed by atoms with Crippen molar-refractivity contribution >= 4 is 6.29 Å². The first-order valence-electron chi connectivity index (χ1n) is 5.38. The Kier molecular flexibility index (Phi) is 3.31. The van der Waals surface area contributed by atoms with Gasteiger partial charge in [-0.1, -0.05) is 0 Å². The highest BCUT2D eigenvalue weighted by Gasteiger charge is 2.26. The molecule has 0 spiro atoms.